The van der Waals surface area contributed by atoms with Crippen LogP contribution < -0.4 is 9.47 Å². The van der Waals surface area contributed by atoms with E-state index in [4.69, 9.17) is 14.2 Å². The number of hydrogen-bond acceptors (Lipinski definition) is 6. The van der Waals surface area contributed by atoms with Gasteiger partial charge in [0.15, 0.2) is 23.1 Å². The molecule has 3 aliphatic rings. The normalized spacial score (nSPS) is 18.1. The summed E-state index contributed by atoms with van der Waals surface area (Å²) in [4.78, 5) is 38.6. The van der Waals surface area contributed by atoms with Crippen LogP contribution in [0.1, 0.15) is 67.3 Å². The molecule has 0 fully saturated rings. The molecule has 6 nitrogen and oxygen atoms in total. The monoisotopic (exact) mass is 476 g/mol. The number of halogens is 1. The van der Waals surface area contributed by atoms with Gasteiger partial charge in [-0.05, 0) is 61.7 Å². The van der Waals surface area contributed by atoms with Gasteiger partial charge in [0.25, 0.3) is 0 Å². The van der Waals surface area contributed by atoms with Gasteiger partial charge in [-0.2, -0.15) is 0 Å². The lowest BCUT2D eigenvalue weighted by molar-refractivity contribution is -0.117. The van der Waals surface area contributed by atoms with E-state index >= 15 is 0 Å². The maximum absolute atomic E-state index is 13.2. The molecule has 0 radical (unpaired) electrons. The van der Waals surface area contributed by atoms with E-state index in [-0.39, 0.29) is 22.9 Å². The first-order valence-electron chi connectivity index (χ1n) is 11.9. The Labute approximate surface area is 202 Å². The molecule has 2 aromatic rings. The van der Waals surface area contributed by atoms with Gasteiger partial charge in [0.05, 0.1) is 12.2 Å². The van der Waals surface area contributed by atoms with Gasteiger partial charge in [-0.15, -0.1) is 0 Å². The molecule has 35 heavy (non-hydrogen) atoms. The summed E-state index contributed by atoms with van der Waals surface area (Å²) in [5.74, 6) is 0.188. The summed E-state index contributed by atoms with van der Waals surface area (Å²) < 4.78 is 30.6. The van der Waals surface area contributed by atoms with E-state index in [0.717, 1.165) is 12.8 Å². The molecule has 180 valence electrons. The number of benzene rings is 2. The van der Waals surface area contributed by atoms with Crippen molar-refractivity contribution in [3.05, 3.63) is 82.1 Å². The van der Waals surface area contributed by atoms with E-state index in [1.54, 1.807) is 18.2 Å². The average molecular weight is 477 g/mol. The summed E-state index contributed by atoms with van der Waals surface area (Å²) in [5, 5.41) is 0. The van der Waals surface area contributed by atoms with E-state index in [0.29, 0.717) is 66.3 Å². The van der Waals surface area contributed by atoms with Crippen LogP contribution in [0.5, 0.6) is 11.5 Å². The van der Waals surface area contributed by atoms with Gasteiger partial charge in [0, 0.05) is 42.7 Å². The third kappa shape index (κ3) is 4.38. The van der Waals surface area contributed by atoms with E-state index in [1.165, 1.54) is 24.3 Å². The summed E-state index contributed by atoms with van der Waals surface area (Å²) >= 11 is 0. The van der Waals surface area contributed by atoms with Crippen LogP contribution in [0.4, 0.5) is 4.39 Å². The summed E-state index contributed by atoms with van der Waals surface area (Å²) in [6, 6.07) is 10.2. The molecule has 0 bridgehead atoms. The van der Waals surface area contributed by atoms with Crippen molar-refractivity contribution in [3.63, 3.8) is 0 Å². The molecule has 0 atom stereocenters. The summed E-state index contributed by atoms with van der Waals surface area (Å²) in [6.07, 6.45) is 3.61. The zero-order valence-electron chi connectivity index (χ0n) is 19.4. The minimum atomic E-state index is -0.648. The Balaban J connectivity index is 1.55. The molecule has 0 saturated heterocycles. The van der Waals surface area contributed by atoms with Crippen molar-refractivity contribution in [1.29, 1.82) is 0 Å². The second-order valence-corrected chi connectivity index (χ2v) is 8.80. The highest BCUT2D eigenvalue weighted by molar-refractivity contribution is 6.05. The van der Waals surface area contributed by atoms with Gasteiger partial charge >= 0.3 is 5.97 Å². The number of carbonyl (C=O) groups excluding carboxylic acids is 3. The molecular weight excluding hydrogens is 451 g/mol. The number of hydrogen-bond donors (Lipinski definition) is 0. The maximum atomic E-state index is 13.2. The smallest absolute Gasteiger partial charge is 0.343 e. The van der Waals surface area contributed by atoms with Gasteiger partial charge in [-0.1, -0.05) is 6.07 Å². The minimum Gasteiger partial charge on any atom is -0.490 e. The first-order valence-corrected chi connectivity index (χ1v) is 11.9. The summed E-state index contributed by atoms with van der Waals surface area (Å²) in [6.45, 7) is 2.13. The number of carbonyl (C=O) groups is 3. The Morgan fingerprint density at radius 2 is 1.54 bits per heavy atom. The SMILES string of the molecule is CCOc1cc(C2C3=C(CCCC3=O)OC3=C2C(=O)CCC3)ccc1OC(=O)c1ccc(F)cc1. The van der Waals surface area contributed by atoms with Crippen molar-refractivity contribution >= 4 is 17.5 Å². The molecular formula is C28H25FO6. The van der Waals surface area contributed by atoms with Gasteiger partial charge in [0.1, 0.15) is 17.3 Å². The topological polar surface area (TPSA) is 78.9 Å². The minimum absolute atomic E-state index is 0.00838. The fourth-order valence-corrected chi connectivity index (χ4v) is 4.95. The number of ether oxygens (including phenoxy) is 3. The Morgan fingerprint density at radius 1 is 0.914 bits per heavy atom. The molecule has 1 aliphatic heterocycles. The van der Waals surface area contributed by atoms with E-state index < -0.39 is 17.7 Å². The molecule has 2 aliphatic carbocycles. The third-order valence-electron chi connectivity index (χ3n) is 6.52. The van der Waals surface area contributed by atoms with Crippen LogP contribution in [0.2, 0.25) is 0 Å². The number of rotatable bonds is 5. The highest BCUT2D eigenvalue weighted by Crippen LogP contribution is 2.48. The molecule has 7 heteroatoms. The Hall–Kier alpha value is -3.74. The van der Waals surface area contributed by atoms with Crippen LogP contribution in [0.3, 0.4) is 0 Å². The van der Waals surface area contributed by atoms with Crippen molar-refractivity contribution in [1.82, 2.24) is 0 Å². The molecule has 0 unspecified atom stereocenters. The van der Waals surface area contributed by atoms with Crippen molar-refractivity contribution in [2.24, 2.45) is 0 Å². The zero-order chi connectivity index (χ0) is 24.5. The Bertz CT molecular complexity index is 1230. The maximum Gasteiger partial charge on any atom is 0.343 e. The van der Waals surface area contributed by atoms with Gasteiger partial charge in [-0.25, -0.2) is 9.18 Å². The van der Waals surface area contributed by atoms with Crippen molar-refractivity contribution in [2.75, 3.05) is 6.61 Å². The van der Waals surface area contributed by atoms with E-state index in [9.17, 15) is 18.8 Å². The predicted molar refractivity (Wildman–Crippen MR) is 125 cm³/mol. The highest BCUT2D eigenvalue weighted by atomic mass is 19.1. The largest absolute Gasteiger partial charge is 0.490 e. The second kappa shape index (κ2) is 9.49. The number of ketones is 2. The third-order valence-corrected chi connectivity index (χ3v) is 6.52. The fraction of sp³-hybridized carbons (Fsp3) is 0.321. The number of allylic oxidation sites excluding steroid dienone is 4. The van der Waals surface area contributed by atoms with Crippen molar-refractivity contribution in [3.8, 4) is 11.5 Å². The van der Waals surface area contributed by atoms with Crippen LogP contribution in [-0.2, 0) is 14.3 Å². The predicted octanol–water partition coefficient (Wildman–Crippen LogP) is 5.57. The van der Waals surface area contributed by atoms with Crippen molar-refractivity contribution < 1.29 is 33.0 Å². The van der Waals surface area contributed by atoms with Gasteiger partial charge < -0.3 is 14.2 Å². The second-order valence-electron chi connectivity index (χ2n) is 8.80. The lowest BCUT2D eigenvalue weighted by Gasteiger charge is -2.36. The fourth-order valence-electron chi connectivity index (χ4n) is 4.95. The van der Waals surface area contributed by atoms with Crippen LogP contribution in [0, 0.1) is 5.82 Å². The van der Waals surface area contributed by atoms with Gasteiger partial charge in [0.2, 0.25) is 0 Å². The lowest BCUT2D eigenvalue weighted by Crippen LogP contribution is -2.30. The molecule has 5 rings (SSSR count). The van der Waals surface area contributed by atoms with Crippen LogP contribution in [-0.4, -0.2) is 24.1 Å². The molecule has 0 spiro atoms. The first-order chi connectivity index (χ1) is 17.0. The lowest BCUT2D eigenvalue weighted by atomic mass is 9.73. The molecule has 0 saturated carbocycles. The van der Waals surface area contributed by atoms with E-state index in [2.05, 4.69) is 0 Å². The van der Waals surface area contributed by atoms with Crippen molar-refractivity contribution in [2.45, 2.75) is 51.4 Å². The molecule has 0 aromatic heterocycles. The molecule has 0 amide bonds. The Morgan fingerprint density at radius 3 is 2.14 bits per heavy atom. The number of Topliss-reactive ketones (excluding diaryl/α,β-unsaturated/α-hetero) is 2. The van der Waals surface area contributed by atoms with E-state index in [1.807, 2.05) is 6.92 Å². The van der Waals surface area contributed by atoms with Crippen LogP contribution in [0.15, 0.2) is 65.1 Å². The van der Waals surface area contributed by atoms with Gasteiger partial charge in [-0.3, -0.25) is 9.59 Å². The summed E-state index contributed by atoms with van der Waals surface area (Å²) in [5.41, 5.74) is 2.00. The quantitative estimate of drug-likeness (QED) is 0.415. The molecule has 1 heterocycles. The Kier molecular flexibility index (Phi) is 6.24. The number of esters is 1. The molecule has 0 N–H and O–H groups in total. The van der Waals surface area contributed by atoms with Crippen LogP contribution >= 0.6 is 0 Å². The average Bonchev–Trinajstić information content (AvgIpc) is 2.85. The highest BCUT2D eigenvalue weighted by Gasteiger charge is 2.42. The first kappa shape index (κ1) is 23.0. The zero-order valence-corrected chi connectivity index (χ0v) is 19.4. The molecule has 2 aromatic carbocycles. The summed E-state index contributed by atoms with van der Waals surface area (Å²) in [7, 11) is 0. The standard InChI is InChI=1S/C28H25FO6/c1-2-33-24-15-17(11-14-21(24)35-28(32)16-9-12-18(29)13-10-16)25-26-19(30)5-3-7-22(26)34-23-8-4-6-20(31)27(23)25/h9-15,25H,2-8H2,1H3. The van der Waals surface area contributed by atoms with Crippen LogP contribution in [0.25, 0.3) is 0 Å².